The molecule has 2 rings (SSSR count). The third-order valence-corrected chi connectivity index (χ3v) is 2.00. The maximum absolute atomic E-state index is 5.76. The van der Waals surface area contributed by atoms with Crippen molar-refractivity contribution in [3.05, 3.63) is 30.3 Å². The Hall–Kier alpha value is -1.79. The Bertz CT molecular complexity index is 443. The van der Waals surface area contributed by atoms with Gasteiger partial charge in [0.05, 0.1) is 6.61 Å². The summed E-state index contributed by atoms with van der Waals surface area (Å²) in [6, 6.07) is 5.07. The lowest BCUT2D eigenvalue weighted by atomic mass is 10.3. The first-order chi connectivity index (χ1) is 7.81. The molecule has 0 spiro atoms. The molecular weight excluding hydrogens is 208 g/mol. The fourth-order valence-corrected chi connectivity index (χ4v) is 1.24. The molecule has 1 atom stereocenters. The average Bonchev–Trinajstić information content (AvgIpc) is 2.80. The normalized spacial score (nSPS) is 12.6. The van der Waals surface area contributed by atoms with E-state index in [1.165, 1.54) is 0 Å². The van der Waals surface area contributed by atoms with Crippen LogP contribution in [0.5, 0.6) is 0 Å². The molecule has 0 saturated heterocycles. The number of hydrogen-bond donors (Lipinski definition) is 1. The molecule has 0 aliphatic carbocycles. The predicted molar refractivity (Wildman–Crippen MR) is 56.3 cm³/mol. The molecule has 0 bridgehead atoms. The summed E-state index contributed by atoms with van der Waals surface area (Å²) < 4.78 is 9.93. The van der Waals surface area contributed by atoms with Crippen LogP contribution in [0.1, 0.15) is 11.9 Å². The van der Waals surface area contributed by atoms with Crippen LogP contribution >= 0.6 is 0 Å². The van der Waals surface area contributed by atoms with Crippen LogP contribution < -0.4 is 5.73 Å². The van der Waals surface area contributed by atoms with Gasteiger partial charge < -0.3 is 15.0 Å². The van der Waals surface area contributed by atoms with Crippen molar-refractivity contribution in [2.75, 3.05) is 13.7 Å². The zero-order valence-electron chi connectivity index (χ0n) is 8.83. The van der Waals surface area contributed by atoms with Crippen LogP contribution in [0, 0.1) is 0 Å². The largest absolute Gasteiger partial charge is 0.383 e. The van der Waals surface area contributed by atoms with E-state index in [0.29, 0.717) is 24.0 Å². The predicted octanol–water partition coefficient (Wildman–Crippen LogP) is 0.778. The zero-order chi connectivity index (χ0) is 11.4. The second-order valence-electron chi connectivity index (χ2n) is 3.23. The lowest BCUT2D eigenvalue weighted by Crippen LogP contribution is -2.16. The van der Waals surface area contributed by atoms with Gasteiger partial charge in [-0.3, -0.25) is 4.98 Å². The number of pyridine rings is 1. The van der Waals surface area contributed by atoms with Crippen LogP contribution in [-0.2, 0) is 4.74 Å². The fourth-order valence-electron chi connectivity index (χ4n) is 1.24. The molecule has 0 fully saturated rings. The van der Waals surface area contributed by atoms with Gasteiger partial charge in [0, 0.05) is 13.3 Å². The number of ether oxygens (including phenoxy) is 1. The molecule has 0 saturated carbocycles. The number of methoxy groups -OCH3 is 1. The van der Waals surface area contributed by atoms with E-state index in [4.69, 9.17) is 15.0 Å². The van der Waals surface area contributed by atoms with Gasteiger partial charge in [0.15, 0.2) is 0 Å². The molecule has 2 heterocycles. The number of nitrogens with zero attached hydrogens (tertiary/aromatic N) is 3. The van der Waals surface area contributed by atoms with Crippen LogP contribution in [0.15, 0.2) is 28.9 Å². The number of rotatable bonds is 4. The van der Waals surface area contributed by atoms with Gasteiger partial charge in [-0.2, -0.15) is 4.98 Å². The van der Waals surface area contributed by atoms with Gasteiger partial charge in [-0.1, -0.05) is 11.2 Å². The van der Waals surface area contributed by atoms with E-state index in [0.717, 1.165) is 0 Å². The summed E-state index contributed by atoms with van der Waals surface area (Å²) in [5, 5.41) is 3.81. The molecule has 1 unspecified atom stereocenters. The molecule has 0 radical (unpaired) electrons. The zero-order valence-corrected chi connectivity index (χ0v) is 8.83. The summed E-state index contributed by atoms with van der Waals surface area (Å²) in [4.78, 5) is 8.26. The van der Waals surface area contributed by atoms with Gasteiger partial charge >= 0.3 is 0 Å². The number of nitrogens with two attached hydrogens (primary N) is 1. The van der Waals surface area contributed by atoms with Crippen LogP contribution in [0.4, 0.5) is 0 Å². The minimum Gasteiger partial charge on any atom is -0.383 e. The molecule has 2 aromatic rings. The quantitative estimate of drug-likeness (QED) is 0.819. The van der Waals surface area contributed by atoms with Gasteiger partial charge in [-0.25, -0.2) is 0 Å². The van der Waals surface area contributed by atoms with Crippen LogP contribution in [0.25, 0.3) is 11.5 Å². The van der Waals surface area contributed by atoms with E-state index in [1.54, 1.807) is 19.4 Å². The van der Waals surface area contributed by atoms with Crippen molar-refractivity contribution in [1.29, 1.82) is 0 Å². The van der Waals surface area contributed by atoms with Gasteiger partial charge in [-0.05, 0) is 12.1 Å². The first kappa shape index (κ1) is 10.7. The Kier molecular flexibility index (Phi) is 3.23. The lowest BCUT2D eigenvalue weighted by molar-refractivity contribution is 0.166. The van der Waals surface area contributed by atoms with E-state index in [2.05, 4.69) is 15.1 Å². The Balaban J connectivity index is 2.20. The Morgan fingerprint density at radius 3 is 3.06 bits per heavy atom. The fraction of sp³-hybridized carbons (Fsp3) is 0.300. The van der Waals surface area contributed by atoms with Crippen molar-refractivity contribution in [3.63, 3.8) is 0 Å². The Labute approximate surface area is 92.4 Å². The van der Waals surface area contributed by atoms with Gasteiger partial charge in [0.25, 0.3) is 0 Å². The molecule has 0 aromatic carbocycles. The summed E-state index contributed by atoms with van der Waals surface area (Å²) in [6.45, 7) is 0.337. The maximum atomic E-state index is 5.76. The van der Waals surface area contributed by atoms with Crippen molar-refractivity contribution in [2.24, 2.45) is 5.73 Å². The average molecular weight is 220 g/mol. The highest BCUT2D eigenvalue weighted by molar-refractivity contribution is 5.47. The Morgan fingerprint density at radius 1 is 1.50 bits per heavy atom. The molecule has 2 aromatic heterocycles. The van der Waals surface area contributed by atoms with Crippen LogP contribution in [-0.4, -0.2) is 28.8 Å². The van der Waals surface area contributed by atoms with Crippen molar-refractivity contribution >= 4 is 0 Å². The monoisotopic (exact) mass is 220 g/mol. The SMILES string of the molecule is COCC(N)c1nc(-c2ccccn2)no1. The summed E-state index contributed by atoms with van der Waals surface area (Å²) in [5.41, 5.74) is 6.41. The van der Waals surface area contributed by atoms with E-state index >= 15 is 0 Å². The second-order valence-corrected chi connectivity index (χ2v) is 3.23. The van der Waals surface area contributed by atoms with E-state index in [9.17, 15) is 0 Å². The van der Waals surface area contributed by atoms with Crippen LogP contribution in [0.2, 0.25) is 0 Å². The Morgan fingerprint density at radius 2 is 2.38 bits per heavy atom. The highest BCUT2D eigenvalue weighted by Gasteiger charge is 2.15. The number of aromatic nitrogens is 3. The highest BCUT2D eigenvalue weighted by Crippen LogP contribution is 2.15. The van der Waals surface area contributed by atoms with Gasteiger partial charge in [-0.15, -0.1) is 0 Å². The highest BCUT2D eigenvalue weighted by atomic mass is 16.5. The molecule has 16 heavy (non-hydrogen) atoms. The minimum absolute atomic E-state index is 0.337. The molecule has 2 N–H and O–H groups in total. The van der Waals surface area contributed by atoms with E-state index in [-0.39, 0.29) is 0 Å². The summed E-state index contributed by atoms with van der Waals surface area (Å²) >= 11 is 0. The number of hydrogen-bond acceptors (Lipinski definition) is 6. The molecule has 6 nitrogen and oxygen atoms in total. The van der Waals surface area contributed by atoms with Crippen molar-refractivity contribution in [2.45, 2.75) is 6.04 Å². The van der Waals surface area contributed by atoms with E-state index < -0.39 is 6.04 Å². The summed E-state index contributed by atoms with van der Waals surface area (Å²) in [6.07, 6.45) is 1.67. The first-order valence-electron chi connectivity index (χ1n) is 4.81. The molecule has 0 amide bonds. The van der Waals surface area contributed by atoms with Crippen molar-refractivity contribution in [3.8, 4) is 11.5 Å². The summed E-state index contributed by atoms with van der Waals surface area (Å²) in [7, 11) is 1.57. The smallest absolute Gasteiger partial charge is 0.246 e. The third-order valence-electron chi connectivity index (χ3n) is 2.00. The minimum atomic E-state index is -0.407. The first-order valence-corrected chi connectivity index (χ1v) is 4.81. The van der Waals surface area contributed by atoms with Crippen molar-refractivity contribution < 1.29 is 9.26 Å². The second kappa shape index (κ2) is 4.82. The third kappa shape index (κ3) is 2.23. The molecule has 6 heteroatoms. The molecule has 0 aliphatic rings. The van der Waals surface area contributed by atoms with Gasteiger partial charge in [0.1, 0.15) is 11.7 Å². The molecule has 0 aliphatic heterocycles. The molecule has 84 valence electrons. The standard InChI is InChI=1S/C10H12N4O2/c1-15-6-7(11)10-13-9(14-16-10)8-4-2-3-5-12-8/h2-5,7H,6,11H2,1H3. The molecular formula is C10H12N4O2. The summed E-state index contributed by atoms with van der Waals surface area (Å²) in [5.74, 6) is 0.782. The van der Waals surface area contributed by atoms with E-state index in [1.807, 2.05) is 12.1 Å². The van der Waals surface area contributed by atoms with Gasteiger partial charge in [0.2, 0.25) is 11.7 Å². The topological polar surface area (TPSA) is 87.1 Å². The van der Waals surface area contributed by atoms with Crippen molar-refractivity contribution in [1.82, 2.24) is 15.1 Å². The maximum Gasteiger partial charge on any atom is 0.246 e. The van der Waals surface area contributed by atoms with Crippen LogP contribution in [0.3, 0.4) is 0 Å². The lowest BCUT2D eigenvalue weighted by Gasteiger charge is -2.02.